The second-order valence-corrected chi connectivity index (χ2v) is 5.19. The number of carboxylic acid groups (broad SMARTS) is 1. The van der Waals surface area contributed by atoms with Gasteiger partial charge in [-0.1, -0.05) is 18.5 Å². The standard InChI is InChI=1S/C12H13ClN2O3S/c1-3-7-10(13)8(15(2)14-7)6-18-9-4-5-19-11(9)12(16)17/h4-5H,3,6H2,1-2H3,(H,16,17). The molecule has 19 heavy (non-hydrogen) atoms. The van der Waals surface area contributed by atoms with Gasteiger partial charge in [0.05, 0.1) is 16.4 Å². The normalized spacial score (nSPS) is 10.7. The van der Waals surface area contributed by atoms with Gasteiger partial charge in [-0.2, -0.15) is 5.10 Å². The summed E-state index contributed by atoms with van der Waals surface area (Å²) in [7, 11) is 1.79. The SMILES string of the molecule is CCc1nn(C)c(COc2ccsc2C(=O)O)c1Cl. The van der Waals surface area contributed by atoms with E-state index in [-0.39, 0.29) is 11.5 Å². The Hall–Kier alpha value is -1.53. The zero-order valence-electron chi connectivity index (χ0n) is 10.5. The van der Waals surface area contributed by atoms with Crippen molar-refractivity contribution in [2.45, 2.75) is 20.0 Å². The van der Waals surface area contributed by atoms with E-state index in [1.165, 1.54) is 0 Å². The van der Waals surface area contributed by atoms with Crippen LogP contribution in [0, 0.1) is 0 Å². The Morgan fingerprint density at radius 2 is 2.37 bits per heavy atom. The summed E-state index contributed by atoms with van der Waals surface area (Å²) in [4.78, 5) is 11.2. The van der Waals surface area contributed by atoms with Crippen LogP contribution in [0.25, 0.3) is 0 Å². The number of hydrogen-bond acceptors (Lipinski definition) is 4. The van der Waals surface area contributed by atoms with Gasteiger partial charge in [0.25, 0.3) is 0 Å². The van der Waals surface area contributed by atoms with Crippen molar-refractivity contribution >= 4 is 28.9 Å². The first kappa shape index (κ1) is 13.9. The highest BCUT2D eigenvalue weighted by molar-refractivity contribution is 7.12. The van der Waals surface area contributed by atoms with Crippen LogP contribution >= 0.6 is 22.9 Å². The quantitative estimate of drug-likeness (QED) is 0.922. The van der Waals surface area contributed by atoms with Gasteiger partial charge in [-0.3, -0.25) is 4.68 Å². The lowest BCUT2D eigenvalue weighted by Gasteiger charge is -2.06. The van der Waals surface area contributed by atoms with Gasteiger partial charge >= 0.3 is 5.97 Å². The highest BCUT2D eigenvalue weighted by Crippen LogP contribution is 2.27. The summed E-state index contributed by atoms with van der Waals surface area (Å²) >= 11 is 7.33. The molecular weight excluding hydrogens is 288 g/mol. The number of carbonyl (C=O) groups is 1. The number of ether oxygens (including phenoxy) is 1. The molecular formula is C12H13ClN2O3S. The lowest BCUT2D eigenvalue weighted by molar-refractivity contribution is 0.0697. The molecule has 0 aromatic carbocycles. The van der Waals surface area contributed by atoms with E-state index >= 15 is 0 Å². The molecule has 0 unspecified atom stereocenters. The van der Waals surface area contributed by atoms with Crippen molar-refractivity contribution in [2.75, 3.05) is 0 Å². The van der Waals surface area contributed by atoms with Crippen molar-refractivity contribution in [2.24, 2.45) is 7.05 Å². The zero-order valence-corrected chi connectivity index (χ0v) is 12.1. The number of hydrogen-bond donors (Lipinski definition) is 1. The molecule has 0 atom stereocenters. The topological polar surface area (TPSA) is 64.4 Å². The molecule has 0 saturated carbocycles. The van der Waals surface area contributed by atoms with Crippen LogP contribution in [0.1, 0.15) is 28.0 Å². The van der Waals surface area contributed by atoms with Gasteiger partial charge in [0.1, 0.15) is 12.4 Å². The molecule has 0 spiro atoms. The molecule has 1 N–H and O–H groups in total. The molecule has 2 aromatic rings. The number of nitrogens with zero attached hydrogens (tertiary/aromatic N) is 2. The van der Waals surface area contributed by atoms with Crippen molar-refractivity contribution in [1.29, 1.82) is 0 Å². The molecule has 0 radical (unpaired) electrons. The van der Waals surface area contributed by atoms with E-state index in [9.17, 15) is 4.79 Å². The second kappa shape index (κ2) is 5.63. The van der Waals surface area contributed by atoms with Gasteiger partial charge < -0.3 is 9.84 Å². The summed E-state index contributed by atoms with van der Waals surface area (Å²) < 4.78 is 7.19. The highest BCUT2D eigenvalue weighted by atomic mass is 35.5. The molecule has 7 heteroatoms. The van der Waals surface area contributed by atoms with Gasteiger partial charge in [0, 0.05) is 7.05 Å². The van der Waals surface area contributed by atoms with Crippen molar-refractivity contribution in [1.82, 2.24) is 9.78 Å². The third-order valence-electron chi connectivity index (χ3n) is 2.69. The number of aromatic carboxylic acids is 1. The fourth-order valence-corrected chi connectivity index (χ4v) is 2.71. The van der Waals surface area contributed by atoms with E-state index in [4.69, 9.17) is 21.4 Å². The Balaban J connectivity index is 2.17. The molecule has 0 amide bonds. The van der Waals surface area contributed by atoms with Crippen LogP contribution in [0.3, 0.4) is 0 Å². The summed E-state index contributed by atoms with van der Waals surface area (Å²) in [5, 5.41) is 15.5. The largest absolute Gasteiger partial charge is 0.485 e. The predicted octanol–water partition coefficient (Wildman–Crippen LogP) is 2.97. The third-order valence-corrected chi connectivity index (χ3v) is 4.01. The van der Waals surface area contributed by atoms with Gasteiger partial charge in [-0.05, 0) is 17.9 Å². The van der Waals surface area contributed by atoms with Crippen LogP contribution in [0.5, 0.6) is 5.75 Å². The number of thiophene rings is 1. The van der Waals surface area contributed by atoms with E-state index < -0.39 is 5.97 Å². The molecule has 0 aliphatic carbocycles. The van der Waals surface area contributed by atoms with Crippen LogP contribution in [0.4, 0.5) is 0 Å². The van der Waals surface area contributed by atoms with Gasteiger partial charge in [0.15, 0.2) is 4.88 Å². The fourth-order valence-electron chi connectivity index (χ4n) is 1.69. The smallest absolute Gasteiger partial charge is 0.349 e. The van der Waals surface area contributed by atoms with Crippen LogP contribution in [0.2, 0.25) is 5.02 Å². The van der Waals surface area contributed by atoms with Gasteiger partial charge in [-0.15, -0.1) is 11.3 Å². The minimum absolute atomic E-state index is 0.189. The van der Waals surface area contributed by atoms with Crippen LogP contribution < -0.4 is 4.74 Å². The molecule has 102 valence electrons. The Morgan fingerprint density at radius 3 is 2.95 bits per heavy atom. The lowest BCUT2D eigenvalue weighted by atomic mass is 10.3. The summed E-state index contributed by atoms with van der Waals surface area (Å²) in [5.41, 5.74) is 1.55. The maximum absolute atomic E-state index is 11.0. The molecule has 2 heterocycles. The number of aromatic nitrogens is 2. The van der Waals surface area contributed by atoms with Crippen LogP contribution in [-0.4, -0.2) is 20.9 Å². The first-order valence-corrected chi connectivity index (χ1v) is 6.94. The number of aryl methyl sites for hydroxylation is 2. The maximum Gasteiger partial charge on any atom is 0.349 e. The highest BCUT2D eigenvalue weighted by Gasteiger charge is 2.16. The average molecular weight is 301 g/mol. The molecule has 0 saturated heterocycles. The van der Waals surface area contributed by atoms with Crippen molar-refractivity contribution in [3.05, 3.63) is 32.7 Å². The molecule has 2 rings (SSSR count). The van der Waals surface area contributed by atoms with E-state index in [2.05, 4.69) is 5.10 Å². The van der Waals surface area contributed by atoms with Crippen LogP contribution in [0.15, 0.2) is 11.4 Å². The summed E-state index contributed by atoms with van der Waals surface area (Å²) in [5.74, 6) is -0.636. The molecule has 0 fully saturated rings. The Kier molecular flexibility index (Phi) is 4.11. The minimum Gasteiger partial charge on any atom is -0.485 e. The minimum atomic E-state index is -0.990. The summed E-state index contributed by atoms with van der Waals surface area (Å²) in [6.45, 7) is 2.17. The zero-order chi connectivity index (χ0) is 14.0. The molecule has 0 aliphatic heterocycles. The van der Waals surface area contributed by atoms with Crippen molar-refractivity contribution in [3.8, 4) is 5.75 Å². The monoisotopic (exact) mass is 300 g/mol. The summed E-state index contributed by atoms with van der Waals surface area (Å²) in [6, 6.07) is 1.64. The fraction of sp³-hybridized carbons (Fsp3) is 0.333. The van der Waals surface area contributed by atoms with E-state index in [0.29, 0.717) is 10.8 Å². The predicted molar refractivity (Wildman–Crippen MR) is 73.2 cm³/mol. The van der Waals surface area contributed by atoms with Crippen molar-refractivity contribution in [3.63, 3.8) is 0 Å². The van der Waals surface area contributed by atoms with Gasteiger partial charge in [0.2, 0.25) is 0 Å². The van der Waals surface area contributed by atoms with E-state index in [1.807, 2.05) is 6.92 Å². The molecule has 0 aliphatic rings. The Labute approximate surface area is 119 Å². The Bertz CT molecular complexity index is 606. The number of rotatable bonds is 5. The van der Waals surface area contributed by atoms with Crippen molar-refractivity contribution < 1.29 is 14.6 Å². The first-order chi connectivity index (χ1) is 9.04. The Morgan fingerprint density at radius 1 is 1.63 bits per heavy atom. The van der Waals surface area contributed by atoms with Crippen LogP contribution in [-0.2, 0) is 20.1 Å². The first-order valence-electron chi connectivity index (χ1n) is 5.68. The van der Waals surface area contributed by atoms with E-state index in [0.717, 1.165) is 29.1 Å². The summed E-state index contributed by atoms with van der Waals surface area (Å²) in [6.07, 6.45) is 0.742. The van der Waals surface area contributed by atoms with Gasteiger partial charge in [-0.25, -0.2) is 4.79 Å². The number of carboxylic acids is 1. The molecule has 2 aromatic heterocycles. The lowest BCUT2D eigenvalue weighted by Crippen LogP contribution is -2.05. The third kappa shape index (κ3) is 2.74. The average Bonchev–Trinajstić information content (AvgIpc) is 2.93. The second-order valence-electron chi connectivity index (χ2n) is 3.89. The molecule has 0 bridgehead atoms. The number of halogens is 1. The maximum atomic E-state index is 11.0. The molecule has 5 nitrogen and oxygen atoms in total. The van der Waals surface area contributed by atoms with E-state index in [1.54, 1.807) is 23.2 Å².